The Morgan fingerprint density at radius 3 is 3.00 bits per heavy atom. The predicted octanol–water partition coefficient (Wildman–Crippen LogP) is 2.33. The van der Waals surface area contributed by atoms with E-state index in [-0.39, 0.29) is 5.91 Å². The molecule has 0 fully saturated rings. The molecule has 102 valence electrons. The van der Waals surface area contributed by atoms with Crippen molar-refractivity contribution in [3.05, 3.63) is 59.2 Å². The number of hydrogen-bond acceptors (Lipinski definition) is 3. The maximum Gasteiger partial charge on any atom is 0.255 e. The van der Waals surface area contributed by atoms with Gasteiger partial charge in [0, 0.05) is 24.2 Å². The predicted molar refractivity (Wildman–Crippen MR) is 77.9 cm³/mol. The Kier molecular flexibility index (Phi) is 3.39. The van der Waals surface area contributed by atoms with E-state index >= 15 is 0 Å². The molecule has 3 rings (SSSR count). The van der Waals surface area contributed by atoms with Gasteiger partial charge in [0.15, 0.2) is 0 Å². The first-order valence-electron chi connectivity index (χ1n) is 6.62. The summed E-state index contributed by atoms with van der Waals surface area (Å²) >= 11 is 0. The average molecular weight is 268 g/mol. The van der Waals surface area contributed by atoms with Crippen LogP contribution in [0.1, 0.15) is 21.5 Å². The third-order valence-corrected chi connectivity index (χ3v) is 3.37. The number of hydrogen-bond donors (Lipinski definition) is 2. The van der Waals surface area contributed by atoms with Gasteiger partial charge in [-0.05, 0) is 41.5 Å². The second kappa shape index (κ2) is 5.35. The number of amides is 1. The van der Waals surface area contributed by atoms with Crippen LogP contribution in [0.4, 0.5) is 5.69 Å². The molecule has 2 aromatic carbocycles. The number of anilines is 1. The third kappa shape index (κ3) is 2.51. The van der Waals surface area contributed by atoms with E-state index in [1.54, 1.807) is 6.07 Å². The van der Waals surface area contributed by atoms with Gasteiger partial charge in [-0.1, -0.05) is 12.1 Å². The second-order valence-electron chi connectivity index (χ2n) is 4.78. The maximum atomic E-state index is 12.2. The van der Waals surface area contributed by atoms with Crippen LogP contribution in [-0.4, -0.2) is 12.5 Å². The van der Waals surface area contributed by atoms with Crippen LogP contribution in [-0.2, 0) is 13.0 Å². The molecule has 1 amide bonds. The number of rotatable bonds is 3. The van der Waals surface area contributed by atoms with Gasteiger partial charge in [-0.3, -0.25) is 4.79 Å². The molecule has 0 spiro atoms. The molecule has 4 heteroatoms. The molecule has 1 heterocycles. The topological polar surface area (TPSA) is 64.4 Å². The van der Waals surface area contributed by atoms with Crippen LogP contribution < -0.4 is 15.8 Å². The van der Waals surface area contributed by atoms with E-state index in [0.717, 1.165) is 29.0 Å². The van der Waals surface area contributed by atoms with Gasteiger partial charge >= 0.3 is 0 Å². The van der Waals surface area contributed by atoms with E-state index in [0.29, 0.717) is 18.7 Å². The third-order valence-electron chi connectivity index (χ3n) is 3.37. The lowest BCUT2D eigenvalue weighted by Crippen LogP contribution is -2.12. The lowest BCUT2D eigenvalue weighted by molar-refractivity contribution is 0.102. The van der Waals surface area contributed by atoms with Crippen LogP contribution in [0.25, 0.3) is 0 Å². The largest absolute Gasteiger partial charge is 0.493 e. The lowest BCUT2D eigenvalue weighted by atomic mass is 10.1. The van der Waals surface area contributed by atoms with Gasteiger partial charge < -0.3 is 15.8 Å². The van der Waals surface area contributed by atoms with Gasteiger partial charge in [0.05, 0.1) is 6.61 Å². The summed E-state index contributed by atoms with van der Waals surface area (Å²) in [5, 5.41) is 2.90. The molecule has 2 aromatic rings. The van der Waals surface area contributed by atoms with E-state index in [9.17, 15) is 4.79 Å². The molecule has 0 unspecified atom stereocenters. The Hall–Kier alpha value is -2.33. The van der Waals surface area contributed by atoms with Crippen LogP contribution in [0.2, 0.25) is 0 Å². The summed E-state index contributed by atoms with van der Waals surface area (Å²) < 4.78 is 5.45. The van der Waals surface area contributed by atoms with E-state index in [1.165, 1.54) is 0 Å². The first-order chi connectivity index (χ1) is 9.76. The highest BCUT2D eigenvalue weighted by atomic mass is 16.5. The normalized spacial score (nSPS) is 12.7. The van der Waals surface area contributed by atoms with Gasteiger partial charge in [-0.25, -0.2) is 0 Å². The number of benzene rings is 2. The minimum absolute atomic E-state index is 0.126. The fourth-order valence-corrected chi connectivity index (χ4v) is 2.31. The van der Waals surface area contributed by atoms with E-state index in [1.807, 2.05) is 36.4 Å². The number of fused-ring (bicyclic) bond motifs is 1. The summed E-state index contributed by atoms with van der Waals surface area (Å²) in [5.74, 6) is 0.785. The lowest BCUT2D eigenvalue weighted by Gasteiger charge is -2.08. The fraction of sp³-hybridized carbons (Fsp3) is 0.188. The molecule has 0 aromatic heterocycles. The molecule has 0 radical (unpaired) electrons. The molecule has 4 nitrogen and oxygen atoms in total. The Balaban J connectivity index is 1.78. The summed E-state index contributed by atoms with van der Waals surface area (Å²) in [7, 11) is 0. The number of carbonyl (C=O) groups is 1. The molecule has 1 aliphatic rings. The Morgan fingerprint density at radius 1 is 1.25 bits per heavy atom. The smallest absolute Gasteiger partial charge is 0.255 e. The Morgan fingerprint density at radius 2 is 2.15 bits per heavy atom. The van der Waals surface area contributed by atoms with E-state index < -0.39 is 0 Å². The van der Waals surface area contributed by atoms with Crippen molar-refractivity contribution in [1.82, 2.24) is 0 Å². The van der Waals surface area contributed by atoms with Crippen molar-refractivity contribution >= 4 is 11.6 Å². The maximum absolute atomic E-state index is 12.2. The first kappa shape index (κ1) is 12.7. The van der Waals surface area contributed by atoms with Crippen molar-refractivity contribution in [3.63, 3.8) is 0 Å². The van der Waals surface area contributed by atoms with Crippen LogP contribution >= 0.6 is 0 Å². The standard InChI is InChI=1S/C16H16N2O2/c17-10-11-2-1-3-13(8-11)16(19)18-14-4-5-15-12(9-14)6-7-20-15/h1-5,8-9H,6-7,10,17H2,(H,18,19). The minimum Gasteiger partial charge on any atom is -0.493 e. The molecule has 0 saturated carbocycles. The minimum atomic E-state index is -0.126. The van der Waals surface area contributed by atoms with Crippen LogP contribution in [0.15, 0.2) is 42.5 Å². The summed E-state index contributed by atoms with van der Waals surface area (Å²) in [6.07, 6.45) is 0.891. The second-order valence-corrected chi connectivity index (χ2v) is 4.78. The van der Waals surface area contributed by atoms with Gasteiger partial charge in [0.2, 0.25) is 0 Å². The molecule has 20 heavy (non-hydrogen) atoms. The first-order valence-corrected chi connectivity index (χ1v) is 6.62. The number of carbonyl (C=O) groups excluding carboxylic acids is 1. The summed E-state index contributed by atoms with van der Waals surface area (Å²) in [6, 6.07) is 13.1. The van der Waals surface area contributed by atoms with E-state index in [2.05, 4.69) is 5.32 Å². The van der Waals surface area contributed by atoms with Crippen molar-refractivity contribution < 1.29 is 9.53 Å². The van der Waals surface area contributed by atoms with Crippen molar-refractivity contribution in [2.75, 3.05) is 11.9 Å². The molecular weight excluding hydrogens is 252 g/mol. The van der Waals surface area contributed by atoms with E-state index in [4.69, 9.17) is 10.5 Å². The fourth-order valence-electron chi connectivity index (χ4n) is 2.31. The molecule has 0 bridgehead atoms. The highest BCUT2D eigenvalue weighted by Gasteiger charge is 2.13. The molecular formula is C16H16N2O2. The highest BCUT2D eigenvalue weighted by molar-refractivity contribution is 6.04. The van der Waals surface area contributed by atoms with Gasteiger partial charge in [0.1, 0.15) is 5.75 Å². The molecule has 1 aliphatic heterocycles. The van der Waals surface area contributed by atoms with Crippen molar-refractivity contribution in [2.24, 2.45) is 5.73 Å². The molecule has 0 aliphatic carbocycles. The number of nitrogens with two attached hydrogens (primary N) is 1. The van der Waals surface area contributed by atoms with Crippen molar-refractivity contribution in [1.29, 1.82) is 0 Å². The molecule has 0 atom stereocenters. The molecule has 0 saturated heterocycles. The van der Waals surface area contributed by atoms with Gasteiger partial charge in [0.25, 0.3) is 5.91 Å². The van der Waals surface area contributed by atoms with Gasteiger partial charge in [-0.2, -0.15) is 0 Å². The number of nitrogens with one attached hydrogen (secondary N) is 1. The van der Waals surface area contributed by atoms with Crippen molar-refractivity contribution in [3.8, 4) is 5.75 Å². The van der Waals surface area contributed by atoms with Gasteiger partial charge in [-0.15, -0.1) is 0 Å². The quantitative estimate of drug-likeness (QED) is 0.898. The zero-order valence-electron chi connectivity index (χ0n) is 11.1. The van der Waals surface area contributed by atoms with Crippen LogP contribution in [0, 0.1) is 0 Å². The summed E-state index contributed by atoms with van der Waals surface area (Å²) in [4.78, 5) is 12.2. The molecule has 3 N–H and O–H groups in total. The zero-order chi connectivity index (χ0) is 13.9. The van der Waals surface area contributed by atoms with Crippen LogP contribution in [0.3, 0.4) is 0 Å². The van der Waals surface area contributed by atoms with Crippen LogP contribution in [0.5, 0.6) is 5.75 Å². The Bertz CT molecular complexity index is 653. The Labute approximate surface area is 117 Å². The average Bonchev–Trinajstić information content (AvgIpc) is 2.95. The zero-order valence-corrected chi connectivity index (χ0v) is 11.1. The summed E-state index contributed by atoms with van der Waals surface area (Å²) in [5.41, 5.74) is 9.07. The number of ether oxygens (including phenoxy) is 1. The van der Waals surface area contributed by atoms with Crippen molar-refractivity contribution in [2.45, 2.75) is 13.0 Å². The highest BCUT2D eigenvalue weighted by Crippen LogP contribution is 2.28. The SMILES string of the molecule is NCc1cccc(C(=O)Nc2ccc3c(c2)CCO3)c1. The summed E-state index contributed by atoms with van der Waals surface area (Å²) in [6.45, 7) is 1.14. The monoisotopic (exact) mass is 268 g/mol.